The Hall–Kier alpha value is -1.08. The summed E-state index contributed by atoms with van der Waals surface area (Å²) in [6, 6.07) is -0.334. The molecule has 6 nitrogen and oxygen atoms in total. The Bertz CT molecular complexity index is 328. The first-order chi connectivity index (χ1) is 7.17. The first kappa shape index (κ1) is 12.0. The molecular formula is C8H14N4O2S. The number of methoxy groups -OCH3 is 1. The summed E-state index contributed by atoms with van der Waals surface area (Å²) in [4.78, 5) is 15.3. The molecule has 0 aliphatic heterocycles. The van der Waals surface area contributed by atoms with Crippen molar-refractivity contribution in [2.24, 2.45) is 0 Å². The molecule has 0 amide bonds. The first-order valence-electron chi connectivity index (χ1n) is 4.44. The van der Waals surface area contributed by atoms with Gasteiger partial charge in [0.1, 0.15) is 11.9 Å². The number of aromatic nitrogens is 3. The number of carbonyl (C=O) groups is 1. The molecule has 0 spiro atoms. The normalized spacial score (nSPS) is 12.5. The number of aryl methyl sites for hydroxylation is 1. The summed E-state index contributed by atoms with van der Waals surface area (Å²) in [5.74, 6) is 1.02. The lowest BCUT2D eigenvalue weighted by Crippen LogP contribution is -2.37. The fourth-order valence-electron chi connectivity index (χ4n) is 0.956. The van der Waals surface area contributed by atoms with E-state index in [-0.39, 0.29) is 12.0 Å². The van der Waals surface area contributed by atoms with Gasteiger partial charge in [-0.1, -0.05) is 11.8 Å². The zero-order valence-electron chi connectivity index (χ0n) is 8.90. The highest BCUT2D eigenvalue weighted by Gasteiger charge is 2.17. The van der Waals surface area contributed by atoms with Gasteiger partial charge in [-0.3, -0.25) is 9.89 Å². The number of likely N-dealkylation sites (N-methyl/N-ethyl adjacent to an activating group) is 1. The molecule has 0 bridgehead atoms. The van der Waals surface area contributed by atoms with Gasteiger partial charge in [-0.05, 0) is 14.0 Å². The number of carbonyl (C=O) groups excluding carboxylic acids is 1. The predicted molar refractivity (Wildman–Crippen MR) is 56.7 cm³/mol. The maximum Gasteiger partial charge on any atom is 0.323 e. The Morgan fingerprint density at radius 3 is 2.93 bits per heavy atom. The monoisotopic (exact) mass is 230 g/mol. The van der Waals surface area contributed by atoms with E-state index < -0.39 is 0 Å². The molecule has 0 saturated carbocycles. The highest BCUT2D eigenvalue weighted by Crippen LogP contribution is 2.13. The Balaban J connectivity index is 2.44. The van der Waals surface area contributed by atoms with Crippen molar-refractivity contribution in [1.82, 2.24) is 20.5 Å². The second kappa shape index (κ2) is 5.72. The number of rotatable bonds is 5. The van der Waals surface area contributed by atoms with Gasteiger partial charge in [0.05, 0.1) is 7.11 Å². The van der Waals surface area contributed by atoms with Crippen molar-refractivity contribution in [2.45, 2.75) is 18.1 Å². The minimum atomic E-state index is -0.334. The summed E-state index contributed by atoms with van der Waals surface area (Å²) in [7, 11) is 3.08. The SMILES string of the molecule is CNC(CSc1n[nH]c(C)n1)C(=O)OC. The number of thioether (sulfide) groups is 1. The summed E-state index contributed by atoms with van der Waals surface area (Å²) in [6.07, 6.45) is 0. The van der Waals surface area contributed by atoms with E-state index in [0.29, 0.717) is 10.9 Å². The second-order valence-electron chi connectivity index (χ2n) is 2.88. The molecule has 0 fully saturated rings. The Morgan fingerprint density at radius 2 is 2.47 bits per heavy atom. The molecule has 7 heteroatoms. The van der Waals surface area contributed by atoms with Gasteiger partial charge in [-0.25, -0.2) is 4.98 Å². The maximum atomic E-state index is 11.2. The lowest BCUT2D eigenvalue weighted by molar-refractivity contribution is -0.142. The van der Waals surface area contributed by atoms with E-state index in [1.165, 1.54) is 18.9 Å². The van der Waals surface area contributed by atoms with Crippen LogP contribution in [0.5, 0.6) is 0 Å². The van der Waals surface area contributed by atoms with Crippen LogP contribution < -0.4 is 5.32 Å². The summed E-state index contributed by atoms with van der Waals surface area (Å²) in [5, 5.41) is 10.2. The third kappa shape index (κ3) is 3.52. The standard InChI is InChI=1S/C8H14N4O2S/c1-5-10-8(12-11-5)15-4-6(9-2)7(13)14-3/h6,9H,4H2,1-3H3,(H,10,11,12). The van der Waals surface area contributed by atoms with Crippen LogP contribution in [0.15, 0.2) is 5.16 Å². The smallest absolute Gasteiger partial charge is 0.323 e. The van der Waals surface area contributed by atoms with Crippen molar-refractivity contribution < 1.29 is 9.53 Å². The molecule has 15 heavy (non-hydrogen) atoms. The summed E-state index contributed by atoms with van der Waals surface area (Å²) < 4.78 is 4.63. The van der Waals surface area contributed by atoms with Crippen molar-refractivity contribution >= 4 is 17.7 Å². The van der Waals surface area contributed by atoms with Crippen molar-refractivity contribution in [1.29, 1.82) is 0 Å². The molecule has 2 N–H and O–H groups in total. The van der Waals surface area contributed by atoms with Crippen LogP contribution in [0.3, 0.4) is 0 Å². The van der Waals surface area contributed by atoms with Gasteiger partial charge in [0.2, 0.25) is 5.16 Å². The van der Waals surface area contributed by atoms with Crippen LogP contribution >= 0.6 is 11.8 Å². The fraction of sp³-hybridized carbons (Fsp3) is 0.625. The van der Waals surface area contributed by atoms with Gasteiger partial charge in [0.15, 0.2) is 0 Å². The van der Waals surface area contributed by atoms with Crippen LogP contribution in [0.1, 0.15) is 5.82 Å². The van der Waals surface area contributed by atoms with E-state index in [0.717, 1.165) is 5.82 Å². The summed E-state index contributed by atoms with van der Waals surface area (Å²) >= 11 is 1.40. The maximum absolute atomic E-state index is 11.2. The lowest BCUT2D eigenvalue weighted by atomic mass is 10.3. The second-order valence-corrected chi connectivity index (χ2v) is 3.87. The third-order valence-electron chi connectivity index (χ3n) is 1.79. The molecule has 0 radical (unpaired) electrons. The number of hydrogen-bond acceptors (Lipinski definition) is 6. The van der Waals surface area contributed by atoms with Crippen LogP contribution in [0.25, 0.3) is 0 Å². The number of H-pyrrole nitrogens is 1. The molecule has 1 heterocycles. The molecule has 0 aliphatic carbocycles. The van der Waals surface area contributed by atoms with Crippen molar-refractivity contribution in [3.05, 3.63) is 5.82 Å². The van der Waals surface area contributed by atoms with E-state index in [1.807, 2.05) is 6.92 Å². The molecular weight excluding hydrogens is 216 g/mol. The van der Waals surface area contributed by atoms with Crippen molar-refractivity contribution in [3.8, 4) is 0 Å². The van der Waals surface area contributed by atoms with E-state index in [2.05, 4.69) is 25.2 Å². The summed E-state index contributed by atoms with van der Waals surface area (Å²) in [5.41, 5.74) is 0. The molecule has 0 aromatic carbocycles. The van der Waals surface area contributed by atoms with Gasteiger partial charge in [0, 0.05) is 5.75 Å². The molecule has 1 aromatic heterocycles. The topological polar surface area (TPSA) is 79.9 Å². The molecule has 0 saturated heterocycles. The average Bonchev–Trinajstić information content (AvgIpc) is 2.64. The Labute approximate surface area is 92.2 Å². The quantitative estimate of drug-likeness (QED) is 0.546. The number of hydrogen-bond donors (Lipinski definition) is 2. The minimum Gasteiger partial charge on any atom is -0.468 e. The number of esters is 1. The van der Waals surface area contributed by atoms with Gasteiger partial charge in [0.25, 0.3) is 0 Å². The molecule has 1 unspecified atom stereocenters. The van der Waals surface area contributed by atoms with Crippen LogP contribution in [0, 0.1) is 6.92 Å². The van der Waals surface area contributed by atoms with E-state index in [9.17, 15) is 4.79 Å². The zero-order chi connectivity index (χ0) is 11.3. The van der Waals surface area contributed by atoms with Gasteiger partial charge in [-0.2, -0.15) is 0 Å². The summed E-state index contributed by atoms with van der Waals surface area (Å²) in [6.45, 7) is 1.83. The highest BCUT2D eigenvalue weighted by molar-refractivity contribution is 7.99. The van der Waals surface area contributed by atoms with E-state index in [1.54, 1.807) is 7.05 Å². The van der Waals surface area contributed by atoms with Gasteiger partial charge < -0.3 is 10.1 Å². The molecule has 1 atom stereocenters. The number of aromatic amines is 1. The van der Waals surface area contributed by atoms with Gasteiger partial charge in [-0.15, -0.1) is 5.10 Å². The van der Waals surface area contributed by atoms with Crippen molar-refractivity contribution in [2.75, 3.05) is 19.9 Å². The highest BCUT2D eigenvalue weighted by atomic mass is 32.2. The molecule has 1 aromatic rings. The molecule has 0 aliphatic rings. The first-order valence-corrected chi connectivity index (χ1v) is 5.42. The van der Waals surface area contributed by atoms with Gasteiger partial charge >= 0.3 is 5.97 Å². The number of nitrogens with one attached hydrogen (secondary N) is 2. The lowest BCUT2D eigenvalue weighted by Gasteiger charge is -2.11. The van der Waals surface area contributed by atoms with Crippen molar-refractivity contribution in [3.63, 3.8) is 0 Å². The number of nitrogens with zero attached hydrogens (tertiary/aromatic N) is 2. The largest absolute Gasteiger partial charge is 0.468 e. The van der Waals surface area contributed by atoms with Crippen LogP contribution in [-0.4, -0.2) is 47.1 Å². The Morgan fingerprint density at radius 1 is 1.73 bits per heavy atom. The fourth-order valence-corrected chi connectivity index (χ4v) is 1.89. The van der Waals surface area contributed by atoms with Crippen LogP contribution in [0.2, 0.25) is 0 Å². The third-order valence-corrected chi connectivity index (χ3v) is 2.73. The zero-order valence-corrected chi connectivity index (χ0v) is 9.72. The minimum absolute atomic E-state index is 0.280. The molecule has 1 rings (SSSR count). The Kier molecular flexibility index (Phi) is 4.57. The van der Waals surface area contributed by atoms with Crippen LogP contribution in [0.4, 0.5) is 0 Å². The molecule has 84 valence electrons. The van der Waals surface area contributed by atoms with Crippen LogP contribution in [-0.2, 0) is 9.53 Å². The number of ether oxygens (including phenoxy) is 1. The van der Waals surface area contributed by atoms with E-state index >= 15 is 0 Å². The average molecular weight is 230 g/mol. The predicted octanol–water partition coefficient (Wildman–Crippen LogP) is -0.0338. The van der Waals surface area contributed by atoms with E-state index in [4.69, 9.17) is 0 Å².